The standard InChI is InChI=1S/C23H28FNO2/c1-27-21-12-5-3-9-18(21)22-19-10-6-7-13-23(19,26)14-15-25(22)16-17-8-2-4-11-20(17)24/h2-5,8-9,11-12,19,22,26H,6-7,10,13-16H2,1H3/t19-,22-,23-/m0/s1. The van der Waals surface area contributed by atoms with Gasteiger partial charge in [-0.25, -0.2) is 4.39 Å². The summed E-state index contributed by atoms with van der Waals surface area (Å²) in [4.78, 5) is 2.33. The van der Waals surface area contributed by atoms with Crippen molar-refractivity contribution in [1.82, 2.24) is 4.90 Å². The molecule has 3 atom stereocenters. The van der Waals surface area contributed by atoms with Gasteiger partial charge in [-0.2, -0.15) is 0 Å². The highest BCUT2D eigenvalue weighted by Crippen LogP contribution is 2.51. The van der Waals surface area contributed by atoms with Gasteiger partial charge in [-0.1, -0.05) is 49.2 Å². The number of para-hydroxylation sites is 1. The van der Waals surface area contributed by atoms with Crippen molar-refractivity contribution in [3.05, 3.63) is 65.5 Å². The van der Waals surface area contributed by atoms with Crippen molar-refractivity contribution in [2.45, 2.75) is 50.3 Å². The maximum atomic E-state index is 14.3. The molecule has 144 valence electrons. The molecule has 3 nitrogen and oxygen atoms in total. The molecule has 1 N–H and O–H groups in total. The van der Waals surface area contributed by atoms with Gasteiger partial charge in [0.05, 0.1) is 12.7 Å². The van der Waals surface area contributed by atoms with Gasteiger partial charge in [0.2, 0.25) is 0 Å². The monoisotopic (exact) mass is 369 g/mol. The molecule has 1 aliphatic heterocycles. The van der Waals surface area contributed by atoms with Crippen LogP contribution < -0.4 is 4.74 Å². The van der Waals surface area contributed by atoms with Crippen molar-refractivity contribution in [1.29, 1.82) is 0 Å². The van der Waals surface area contributed by atoms with Crippen LogP contribution >= 0.6 is 0 Å². The van der Waals surface area contributed by atoms with Crippen LogP contribution in [0.5, 0.6) is 5.75 Å². The molecule has 2 fully saturated rings. The van der Waals surface area contributed by atoms with Crippen molar-refractivity contribution in [3.8, 4) is 5.75 Å². The van der Waals surface area contributed by atoms with Crippen LogP contribution in [0, 0.1) is 11.7 Å². The summed E-state index contributed by atoms with van der Waals surface area (Å²) in [5.74, 6) is 0.819. The average Bonchev–Trinajstić information content (AvgIpc) is 2.69. The Morgan fingerprint density at radius 2 is 1.89 bits per heavy atom. The number of ether oxygens (including phenoxy) is 1. The second-order valence-corrected chi connectivity index (χ2v) is 7.95. The molecule has 2 aromatic carbocycles. The molecule has 0 radical (unpaired) electrons. The molecular formula is C23H28FNO2. The maximum absolute atomic E-state index is 14.3. The van der Waals surface area contributed by atoms with E-state index in [4.69, 9.17) is 4.74 Å². The first kappa shape index (κ1) is 18.5. The van der Waals surface area contributed by atoms with E-state index in [0.717, 1.165) is 50.0 Å². The van der Waals surface area contributed by atoms with E-state index in [1.54, 1.807) is 13.2 Å². The minimum absolute atomic E-state index is 0.0276. The summed E-state index contributed by atoms with van der Waals surface area (Å²) < 4.78 is 20.0. The van der Waals surface area contributed by atoms with E-state index >= 15 is 0 Å². The van der Waals surface area contributed by atoms with E-state index in [0.29, 0.717) is 12.1 Å². The normalized spacial score (nSPS) is 28.6. The van der Waals surface area contributed by atoms with Gasteiger partial charge in [-0.15, -0.1) is 0 Å². The van der Waals surface area contributed by atoms with Crippen LogP contribution in [0.25, 0.3) is 0 Å². The van der Waals surface area contributed by atoms with Crippen LogP contribution in [0.2, 0.25) is 0 Å². The first-order valence-corrected chi connectivity index (χ1v) is 9.95. The molecule has 0 spiro atoms. The number of piperidine rings is 1. The van der Waals surface area contributed by atoms with Crippen molar-refractivity contribution in [2.24, 2.45) is 5.92 Å². The van der Waals surface area contributed by atoms with Crippen LogP contribution in [-0.2, 0) is 6.54 Å². The summed E-state index contributed by atoms with van der Waals surface area (Å²) in [6.07, 6.45) is 4.81. The number of hydrogen-bond acceptors (Lipinski definition) is 3. The largest absolute Gasteiger partial charge is 0.496 e. The van der Waals surface area contributed by atoms with Gasteiger partial charge in [-0.05, 0) is 31.4 Å². The van der Waals surface area contributed by atoms with Crippen LogP contribution in [0.1, 0.15) is 49.3 Å². The van der Waals surface area contributed by atoms with Crippen molar-refractivity contribution < 1.29 is 14.2 Å². The summed E-state index contributed by atoms with van der Waals surface area (Å²) in [6, 6.07) is 15.1. The fourth-order valence-electron chi connectivity index (χ4n) is 5.09. The van der Waals surface area contributed by atoms with Crippen LogP contribution in [0.3, 0.4) is 0 Å². The lowest BCUT2D eigenvalue weighted by Crippen LogP contribution is -2.54. The number of halogens is 1. The Labute approximate surface area is 160 Å². The number of hydrogen-bond donors (Lipinski definition) is 1. The Morgan fingerprint density at radius 1 is 1.11 bits per heavy atom. The molecular weight excluding hydrogens is 341 g/mol. The number of aliphatic hydroxyl groups is 1. The second kappa shape index (κ2) is 7.61. The fraction of sp³-hybridized carbons (Fsp3) is 0.478. The van der Waals surface area contributed by atoms with Crippen LogP contribution in [0.15, 0.2) is 48.5 Å². The molecule has 0 bridgehead atoms. The fourth-order valence-corrected chi connectivity index (χ4v) is 5.09. The molecule has 0 aromatic heterocycles. The molecule has 2 aliphatic rings. The third kappa shape index (κ3) is 3.48. The third-order valence-corrected chi connectivity index (χ3v) is 6.46. The second-order valence-electron chi connectivity index (χ2n) is 7.95. The SMILES string of the molecule is COc1ccccc1[C@H]1[C@@H]2CCCC[C@]2(O)CCN1Cc1ccccc1F. The summed E-state index contributed by atoms with van der Waals surface area (Å²) in [5, 5.41) is 11.4. The molecule has 27 heavy (non-hydrogen) atoms. The zero-order chi connectivity index (χ0) is 18.9. The van der Waals surface area contributed by atoms with Gasteiger partial charge in [0, 0.05) is 36.2 Å². The van der Waals surface area contributed by atoms with Gasteiger partial charge in [-0.3, -0.25) is 4.90 Å². The van der Waals surface area contributed by atoms with Gasteiger partial charge in [0.15, 0.2) is 0 Å². The van der Waals surface area contributed by atoms with Crippen molar-refractivity contribution in [2.75, 3.05) is 13.7 Å². The van der Waals surface area contributed by atoms with E-state index in [1.165, 1.54) is 6.07 Å². The minimum Gasteiger partial charge on any atom is -0.496 e. The summed E-state index contributed by atoms with van der Waals surface area (Å²) >= 11 is 0. The Kier molecular flexibility index (Phi) is 5.20. The summed E-state index contributed by atoms with van der Waals surface area (Å²) in [6.45, 7) is 1.30. The number of rotatable bonds is 4. The Bertz CT molecular complexity index is 795. The lowest BCUT2D eigenvalue weighted by molar-refractivity contribution is -0.126. The van der Waals surface area contributed by atoms with Gasteiger partial charge < -0.3 is 9.84 Å². The molecule has 4 heteroatoms. The van der Waals surface area contributed by atoms with Crippen molar-refractivity contribution in [3.63, 3.8) is 0 Å². The first-order valence-electron chi connectivity index (χ1n) is 9.95. The predicted molar refractivity (Wildman–Crippen MR) is 104 cm³/mol. The maximum Gasteiger partial charge on any atom is 0.127 e. The zero-order valence-corrected chi connectivity index (χ0v) is 15.9. The molecule has 1 saturated carbocycles. The number of benzene rings is 2. The van der Waals surface area contributed by atoms with E-state index in [1.807, 2.05) is 30.3 Å². The van der Waals surface area contributed by atoms with Crippen molar-refractivity contribution >= 4 is 0 Å². The van der Waals surface area contributed by atoms with Gasteiger partial charge >= 0.3 is 0 Å². The lowest BCUT2D eigenvalue weighted by Gasteiger charge is -2.53. The number of likely N-dealkylation sites (tertiary alicyclic amines) is 1. The summed E-state index contributed by atoms with van der Waals surface area (Å²) in [5.41, 5.74) is 1.18. The van der Waals surface area contributed by atoms with E-state index in [2.05, 4.69) is 11.0 Å². The predicted octanol–water partition coefficient (Wildman–Crippen LogP) is 4.70. The number of nitrogens with zero attached hydrogens (tertiary/aromatic N) is 1. The average molecular weight is 369 g/mol. The molecule has 1 heterocycles. The van der Waals surface area contributed by atoms with E-state index in [9.17, 15) is 9.50 Å². The van der Waals surface area contributed by atoms with Gasteiger partial charge in [0.25, 0.3) is 0 Å². The first-order chi connectivity index (χ1) is 13.1. The van der Waals surface area contributed by atoms with E-state index in [-0.39, 0.29) is 17.8 Å². The van der Waals surface area contributed by atoms with Crippen LogP contribution in [-0.4, -0.2) is 29.3 Å². The topological polar surface area (TPSA) is 32.7 Å². The minimum atomic E-state index is -0.629. The highest BCUT2D eigenvalue weighted by molar-refractivity contribution is 5.37. The molecule has 4 rings (SSSR count). The Balaban J connectivity index is 1.74. The summed E-state index contributed by atoms with van der Waals surface area (Å²) in [7, 11) is 1.69. The lowest BCUT2D eigenvalue weighted by atomic mass is 9.66. The highest BCUT2D eigenvalue weighted by Gasteiger charge is 2.49. The molecule has 1 saturated heterocycles. The quantitative estimate of drug-likeness (QED) is 0.848. The van der Waals surface area contributed by atoms with Gasteiger partial charge in [0.1, 0.15) is 11.6 Å². The van der Waals surface area contributed by atoms with E-state index < -0.39 is 5.60 Å². The Morgan fingerprint density at radius 3 is 2.70 bits per heavy atom. The third-order valence-electron chi connectivity index (χ3n) is 6.46. The number of methoxy groups -OCH3 is 1. The van der Waals surface area contributed by atoms with Crippen LogP contribution in [0.4, 0.5) is 4.39 Å². The molecule has 0 unspecified atom stereocenters. The molecule has 1 aliphatic carbocycles. The highest BCUT2D eigenvalue weighted by atomic mass is 19.1. The number of fused-ring (bicyclic) bond motifs is 1. The Hall–Kier alpha value is -1.91. The zero-order valence-electron chi connectivity index (χ0n) is 15.9. The molecule has 0 amide bonds. The smallest absolute Gasteiger partial charge is 0.127 e. The molecule has 2 aromatic rings.